The summed E-state index contributed by atoms with van der Waals surface area (Å²) in [6.07, 6.45) is 0. The van der Waals surface area contributed by atoms with Crippen LogP contribution in [0.4, 0.5) is 15.8 Å². The minimum atomic E-state index is -0.704. The Hall–Kier alpha value is -2.48. The summed E-state index contributed by atoms with van der Waals surface area (Å²) in [7, 11) is 0. The molecule has 4 N–H and O–H groups in total. The van der Waals surface area contributed by atoms with E-state index in [1.165, 1.54) is 17.0 Å². The van der Waals surface area contributed by atoms with Crippen LogP contribution in [-0.2, 0) is 14.4 Å². The molecule has 1 aromatic rings. The van der Waals surface area contributed by atoms with Crippen molar-refractivity contribution in [3.63, 3.8) is 0 Å². The third-order valence-corrected chi connectivity index (χ3v) is 3.17. The van der Waals surface area contributed by atoms with Crippen LogP contribution in [-0.4, -0.2) is 41.8 Å². The first-order chi connectivity index (χ1) is 9.86. The van der Waals surface area contributed by atoms with E-state index in [4.69, 9.17) is 5.73 Å². The zero-order valence-electron chi connectivity index (χ0n) is 11.4. The second-order valence-corrected chi connectivity index (χ2v) is 4.77. The Kier molecular flexibility index (Phi) is 4.18. The Morgan fingerprint density at radius 3 is 2.57 bits per heavy atom. The molecule has 7 nitrogen and oxygen atoms in total. The van der Waals surface area contributed by atoms with Crippen LogP contribution in [0.25, 0.3) is 0 Å². The van der Waals surface area contributed by atoms with E-state index in [0.717, 1.165) is 6.07 Å². The fraction of sp³-hybridized carbons (Fsp3) is 0.308. The number of hydrogen-bond donors (Lipinski definition) is 3. The molecule has 1 aliphatic rings. The summed E-state index contributed by atoms with van der Waals surface area (Å²) in [6, 6.07) is 2.92. The second-order valence-electron chi connectivity index (χ2n) is 4.77. The molecule has 1 heterocycles. The normalized spacial score (nSPS) is 17.2. The van der Waals surface area contributed by atoms with Crippen molar-refractivity contribution in [1.82, 2.24) is 10.2 Å². The Bertz CT molecular complexity index is 589. The maximum absolute atomic E-state index is 12.9. The van der Waals surface area contributed by atoms with E-state index >= 15 is 0 Å². The molecule has 1 aliphatic heterocycles. The van der Waals surface area contributed by atoms with Gasteiger partial charge in [0, 0.05) is 0 Å². The number of anilines is 2. The highest BCUT2D eigenvalue weighted by atomic mass is 19.1. The van der Waals surface area contributed by atoms with Crippen molar-refractivity contribution in [2.24, 2.45) is 0 Å². The third-order valence-electron chi connectivity index (χ3n) is 3.17. The van der Waals surface area contributed by atoms with Gasteiger partial charge < -0.3 is 11.1 Å². The quantitative estimate of drug-likeness (QED) is 0.524. The van der Waals surface area contributed by atoms with Gasteiger partial charge in [-0.3, -0.25) is 24.6 Å². The summed E-state index contributed by atoms with van der Waals surface area (Å²) < 4.78 is 12.9. The van der Waals surface area contributed by atoms with Gasteiger partial charge in [0.2, 0.25) is 17.7 Å². The number of rotatable bonds is 3. The fourth-order valence-corrected chi connectivity index (χ4v) is 1.98. The van der Waals surface area contributed by atoms with E-state index in [0.29, 0.717) is 0 Å². The molecule has 0 saturated carbocycles. The molecule has 112 valence electrons. The van der Waals surface area contributed by atoms with Crippen LogP contribution in [0.2, 0.25) is 0 Å². The topological polar surface area (TPSA) is 105 Å². The minimum Gasteiger partial charge on any atom is -0.397 e. The number of nitrogens with zero attached hydrogens (tertiary/aromatic N) is 1. The first kappa shape index (κ1) is 14.9. The number of hydrogen-bond acceptors (Lipinski definition) is 5. The van der Waals surface area contributed by atoms with Gasteiger partial charge >= 0.3 is 0 Å². The lowest BCUT2D eigenvalue weighted by atomic mass is 10.2. The van der Waals surface area contributed by atoms with Crippen molar-refractivity contribution < 1.29 is 18.8 Å². The molecule has 1 unspecified atom stereocenters. The highest BCUT2D eigenvalue weighted by molar-refractivity contribution is 6.01. The second kappa shape index (κ2) is 5.88. The molecule has 0 spiro atoms. The average molecular weight is 294 g/mol. The number of nitrogen functional groups attached to an aromatic ring is 1. The van der Waals surface area contributed by atoms with Crippen LogP contribution in [0, 0.1) is 5.82 Å². The van der Waals surface area contributed by atoms with Gasteiger partial charge in [-0.05, 0) is 25.1 Å². The van der Waals surface area contributed by atoms with Crippen LogP contribution < -0.4 is 16.4 Å². The maximum atomic E-state index is 12.9. The summed E-state index contributed by atoms with van der Waals surface area (Å²) >= 11 is 0. The molecule has 21 heavy (non-hydrogen) atoms. The molecule has 2 rings (SSSR count). The fourth-order valence-electron chi connectivity index (χ4n) is 1.98. The van der Waals surface area contributed by atoms with E-state index in [1.807, 2.05) is 0 Å². The largest absolute Gasteiger partial charge is 0.397 e. The first-order valence-electron chi connectivity index (χ1n) is 6.29. The van der Waals surface area contributed by atoms with Gasteiger partial charge in [-0.2, -0.15) is 0 Å². The standard InChI is InChI=1S/C13H15FN4O3/c1-7(18-5-11(19)17-12(20)6-18)13(21)16-10-3-2-8(14)4-9(10)15/h2-4,7H,5-6,15H2,1H3,(H,16,21)(H,17,19,20). The van der Waals surface area contributed by atoms with Crippen LogP contribution in [0.15, 0.2) is 18.2 Å². The molecule has 3 amide bonds. The molecular formula is C13H15FN4O3. The number of halogens is 1. The number of piperazine rings is 1. The molecule has 1 aromatic carbocycles. The monoisotopic (exact) mass is 294 g/mol. The van der Waals surface area contributed by atoms with Crippen LogP contribution in [0.3, 0.4) is 0 Å². The zero-order chi connectivity index (χ0) is 15.6. The van der Waals surface area contributed by atoms with Crippen molar-refractivity contribution in [2.45, 2.75) is 13.0 Å². The first-order valence-corrected chi connectivity index (χ1v) is 6.29. The highest BCUT2D eigenvalue weighted by Crippen LogP contribution is 2.19. The van der Waals surface area contributed by atoms with E-state index in [9.17, 15) is 18.8 Å². The highest BCUT2D eigenvalue weighted by Gasteiger charge is 2.29. The predicted octanol–water partition coefficient (Wildman–Crippen LogP) is -0.307. The van der Waals surface area contributed by atoms with Crippen molar-refractivity contribution in [3.05, 3.63) is 24.0 Å². The van der Waals surface area contributed by atoms with Gasteiger partial charge in [0.15, 0.2) is 0 Å². The van der Waals surface area contributed by atoms with Crippen molar-refractivity contribution in [2.75, 3.05) is 24.1 Å². The number of benzene rings is 1. The molecular weight excluding hydrogens is 279 g/mol. The van der Waals surface area contributed by atoms with E-state index in [-0.39, 0.29) is 24.5 Å². The smallest absolute Gasteiger partial charge is 0.241 e. The molecule has 8 heteroatoms. The number of amides is 3. The molecule has 0 aliphatic carbocycles. The van der Waals surface area contributed by atoms with E-state index < -0.39 is 29.6 Å². The molecule has 0 radical (unpaired) electrons. The van der Waals surface area contributed by atoms with Crippen molar-refractivity contribution >= 4 is 29.1 Å². The summed E-state index contributed by atoms with van der Waals surface area (Å²) in [5.74, 6) is -1.84. The lowest BCUT2D eigenvalue weighted by Crippen LogP contribution is -2.56. The Morgan fingerprint density at radius 2 is 2.00 bits per heavy atom. The molecule has 0 bridgehead atoms. The predicted molar refractivity (Wildman–Crippen MR) is 73.6 cm³/mol. The average Bonchev–Trinajstić information content (AvgIpc) is 2.40. The Morgan fingerprint density at radius 1 is 1.38 bits per heavy atom. The number of nitrogens with two attached hydrogens (primary N) is 1. The van der Waals surface area contributed by atoms with Crippen molar-refractivity contribution in [1.29, 1.82) is 0 Å². The lowest BCUT2D eigenvalue weighted by Gasteiger charge is -2.30. The van der Waals surface area contributed by atoms with Crippen LogP contribution >= 0.6 is 0 Å². The molecule has 1 atom stereocenters. The third kappa shape index (κ3) is 3.54. The van der Waals surface area contributed by atoms with Gasteiger partial charge in [0.25, 0.3) is 0 Å². The van der Waals surface area contributed by atoms with Crippen molar-refractivity contribution in [3.8, 4) is 0 Å². The number of carbonyl (C=O) groups excluding carboxylic acids is 3. The van der Waals surface area contributed by atoms with Gasteiger partial charge in [-0.25, -0.2) is 4.39 Å². The summed E-state index contributed by atoms with van der Waals surface area (Å²) in [4.78, 5) is 36.1. The summed E-state index contributed by atoms with van der Waals surface area (Å²) in [5.41, 5.74) is 5.98. The number of carbonyl (C=O) groups is 3. The van der Waals surface area contributed by atoms with Crippen LogP contribution in [0.5, 0.6) is 0 Å². The number of imide groups is 1. The maximum Gasteiger partial charge on any atom is 0.241 e. The molecule has 1 fully saturated rings. The molecule has 0 aromatic heterocycles. The van der Waals surface area contributed by atoms with Gasteiger partial charge in [-0.15, -0.1) is 0 Å². The Labute approximate surface area is 120 Å². The lowest BCUT2D eigenvalue weighted by molar-refractivity contribution is -0.138. The van der Waals surface area contributed by atoms with Crippen LogP contribution in [0.1, 0.15) is 6.92 Å². The Balaban J connectivity index is 2.05. The summed E-state index contributed by atoms with van der Waals surface area (Å²) in [6.45, 7) is 1.49. The van der Waals surface area contributed by atoms with Gasteiger partial charge in [-0.1, -0.05) is 0 Å². The SMILES string of the molecule is CC(C(=O)Nc1ccc(F)cc1N)N1CC(=O)NC(=O)C1. The van der Waals surface area contributed by atoms with Gasteiger partial charge in [0.1, 0.15) is 5.82 Å². The summed E-state index contributed by atoms with van der Waals surface area (Å²) in [5, 5.41) is 4.70. The number of nitrogens with one attached hydrogen (secondary N) is 2. The zero-order valence-corrected chi connectivity index (χ0v) is 11.4. The minimum absolute atomic E-state index is 0.0424. The van der Waals surface area contributed by atoms with Gasteiger partial charge in [0.05, 0.1) is 30.5 Å². The van der Waals surface area contributed by atoms with E-state index in [2.05, 4.69) is 10.6 Å². The molecule has 1 saturated heterocycles. The van der Waals surface area contributed by atoms with E-state index in [1.54, 1.807) is 6.92 Å².